The number of aromatic nitrogens is 1. The van der Waals surface area contributed by atoms with Crippen molar-refractivity contribution in [2.24, 2.45) is 0 Å². The predicted octanol–water partition coefficient (Wildman–Crippen LogP) is 1.82. The van der Waals surface area contributed by atoms with Crippen LogP contribution in [0.5, 0.6) is 0 Å². The van der Waals surface area contributed by atoms with Gasteiger partial charge in [-0.05, 0) is 11.6 Å². The molecule has 0 atom stereocenters. The Morgan fingerprint density at radius 2 is 2.25 bits per heavy atom. The summed E-state index contributed by atoms with van der Waals surface area (Å²) < 4.78 is 27.0. The van der Waals surface area contributed by atoms with Gasteiger partial charge in [-0.15, -0.1) is 0 Å². The van der Waals surface area contributed by atoms with Crippen molar-refractivity contribution in [1.29, 1.82) is 5.26 Å². The first-order chi connectivity index (χ1) is 7.52. The number of hydrogen-bond donors (Lipinski definition) is 0. The number of hydrogen-bond acceptors (Lipinski definition) is 5. The van der Waals surface area contributed by atoms with E-state index < -0.39 is 14.3 Å². The highest BCUT2D eigenvalue weighted by molar-refractivity contribution is 8.13. The van der Waals surface area contributed by atoms with Gasteiger partial charge in [0, 0.05) is 10.7 Å². The van der Waals surface area contributed by atoms with E-state index in [2.05, 4.69) is 4.98 Å². The lowest BCUT2D eigenvalue weighted by Crippen LogP contribution is -1.90. The third-order valence-corrected chi connectivity index (χ3v) is 2.95. The van der Waals surface area contributed by atoms with E-state index in [4.69, 9.17) is 20.4 Å². The molecule has 2 aromatic rings. The summed E-state index contributed by atoms with van der Waals surface area (Å²) in [6, 6.07) is 6.86. The van der Waals surface area contributed by atoms with Crippen LogP contribution in [0, 0.1) is 11.3 Å². The molecule has 0 saturated heterocycles. The number of rotatable bonds is 2. The van der Waals surface area contributed by atoms with Gasteiger partial charge >= 0.3 is 14.3 Å². The molecule has 1 aromatic heterocycles. The van der Waals surface area contributed by atoms with Gasteiger partial charge in [0.25, 0.3) is 0 Å². The van der Waals surface area contributed by atoms with E-state index in [0.29, 0.717) is 16.7 Å². The Morgan fingerprint density at radius 1 is 1.50 bits per heavy atom. The second-order valence-corrected chi connectivity index (χ2v) is 5.46. The van der Waals surface area contributed by atoms with Crippen molar-refractivity contribution in [3.63, 3.8) is 0 Å². The van der Waals surface area contributed by atoms with E-state index in [1.807, 2.05) is 6.07 Å². The largest absolute Gasteiger partial charge is 0.427 e. The van der Waals surface area contributed by atoms with Crippen LogP contribution in [-0.4, -0.2) is 13.4 Å². The van der Waals surface area contributed by atoms with Gasteiger partial charge in [-0.3, -0.25) is 0 Å². The Balaban J connectivity index is 2.72. The number of fused-ring (bicyclic) bond motifs is 1. The first-order valence-electron chi connectivity index (χ1n) is 4.22. The van der Waals surface area contributed by atoms with Crippen molar-refractivity contribution >= 4 is 30.8 Å². The molecule has 0 aliphatic rings. The SMILES string of the molecule is N#CCc1cccc2oc(S(=O)(=O)Cl)nc12. The normalized spacial score (nSPS) is 11.5. The third-order valence-electron chi connectivity index (χ3n) is 1.96. The molecule has 5 nitrogen and oxygen atoms in total. The van der Waals surface area contributed by atoms with Gasteiger partial charge in [-0.1, -0.05) is 12.1 Å². The highest BCUT2D eigenvalue weighted by Crippen LogP contribution is 2.24. The average Bonchev–Trinajstić information content (AvgIpc) is 2.62. The van der Waals surface area contributed by atoms with Gasteiger partial charge in [-0.2, -0.15) is 10.2 Å². The Bertz CT molecular complexity index is 684. The summed E-state index contributed by atoms with van der Waals surface area (Å²) in [6.07, 6.45) is 0.131. The topological polar surface area (TPSA) is 84.0 Å². The van der Waals surface area contributed by atoms with Crippen molar-refractivity contribution in [2.45, 2.75) is 11.6 Å². The molecule has 1 heterocycles. The molecule has 82 valence electrons. The van der Waals surface area contributed by atoms with Gasteiger partial charge in [0.15, 0.2) is 5.58 Å². The molecule has 0 radical (unpaired) electrons. The van der Waals surface area contributed by atoms with Gasteiger partial charge < -0.3 is 4.42 Å². The monoisotopic (exact) mass is 256 g/mol. The molecule has 0 spiro atoms. The lowest BCUT2D eigenvalue weighted by Gasteiger charge is -1.92. The minimum atomic E-state index is -3.98. The van der Waals surface area contributed by atoms with Crippen LogP contribution in [0.1, 0.15) is 5.56 Å². The minimum Gasteiger partial charge on any atom is -0.427 e. The lowest BCUT2D eigenvalue weighted by molar-refractivity contribution is 0.464. The molecule has 2 rings (SSSR count). The van der Waals surface area contributed by atoms with Gasteiger partial charge in [0.1, 0.15) is 5.52 Å². The van der Waals surface area contributed by atoms with E-state index in [1.54, 1.807) is 18.2 Å². The fourth-order valence-corrected chi connectivity index (χ4v) is 1.90. The third kappa shape index (κ3) is 1.87. The van der Waals surface area contributed by atoms with Crippen LogP contribution in [-0.2, 0) is 15.5 Å². The minimum absolute atomic E-state index is 0.131. The standard InChI is InChI=1S/C9H5ClN2O3S/c10-16(13,14)9-12-8-6(4-5-11)2-1-3-7(8)15-9/h1-3H,4H2. The van der Waals surface area contributed by atoms with E-state index in [9.17, 15) is 8.42 Å². The first kappa shape index (κ1) is 10.9. The van der Waals surface area contributed by atoms with Crippen molar-refractivity contribution in [3.05, 3.63) is 23.8 Å². The van der Waals surface area contributed by atoms with E-state index in [0.717, 1.165) is 0 Å². The summed E-state index contributed by atoms with van der Waals surface area (Å²) in [5.41, 5.74) is 1.26. The summed E-state index contributed by atoms with van der Waals surface area (Å²) in [5, 5.41) is 8.05. The van der Waals surface area contributed by atoms with Crippen molar-refractivity contribution < 1.29 is 12.8 Å². The van der Waals surface area contributed by atoms with Crippen LogP contribution in [0.15, 0.2) is 27.8 Å². The molecule has 0 aliphatic heterocycles. The number of nitrogens with zero attached hydrogens (tertiary/aromatic N) is 2. The summed E-state index contributed by atoms with van der Waals surface area (Å²) in [7, 11) is 1.13. The maximum atomic E-state index is 11.0. The number of halogens is 1. The average molecular weight is 257 g/mol. The zero-order chi connectivity index (χ0) is 11.8. The Labute approximate surface area is 95.7 Å². The Morgan fingerprint density at radius 3 is 2.88 bits per heavy atom. The fourth-order valence-electron chi connectivity index (χ4n) is 1.32. The Kier molecular flexibility index (Phi) is 2.58. The number of nitriles is 1. The molecule has 1 aromatic carbocycles. The molecule has 0 aliphatic carbocycles. The summed E-state index contributed by atoms with van der Waals surface area (Å²) in [4.78, 5) is 3.76. The van der Waals surface area contributed by atoms with Crippen LogP contribution < -0.4 is 0 Å². The number of oxazole rings is 1. The molecular weight excluding hydrogens is 252 g/mol. The van der Waals surface area contributed by atoms with E-state index >= 15 is 0 Å². The maximum Gasteiger partial charge on any atom is 0.332 e. The smallest absolute Gasteiger partial charge is 0.332 e. The first-order valence-corrected chi connectivity index (χ1v) is 6.53. The molecule has 0 bridgehead atoms. The van der Waals surface area contributed by atoms with Crippen LogP contribution in [0.2, 0.25) is 0 Å². The van der Waals surface area contributed by atoms with Gasteiger partial charge in [0.05, 0.1) is 12.5 Å². The van der Waals surface area contributed by atoms with Crippen molar-refractivity contribution in [2.75, 3.05) is 0 Å². The summed E-state index contributed by atoms with van der Waals surface area (Å²) in [6.45, 7) is 0. The zero-order valence-electron chi connectivity index (χ0n) is 7.84. The number of benzene rings is 1. The van der Waals surface area contributed by atoms with Crippen LogP contribution in [0.3, 0.4) is 0 Å². The van der Waals surface area contributed by atoms with Crippen LogP contribution in [0.25, 0.3) is 11.1 Å². The molecule has 0 unspecified atom stereocenters. The summed E-state index contributed by atoms with van der Waals surface area (Å²) >= 11 is 0. The summed E-state index contributed by atoms with van der Waals surface area (Å²) in [5.74, 6) is 0. The molecule has 16 heavy (non-hydrogen) atoms. The maximum absolute atomic E-state index is 11.0. The van der Waals surface area contributed by atoms with E-state index in [1.165, 1.54) is 0 Å². The second kappa shape index (κ2) is 3.77. The second-order valence-electron chi connectivity index (χ2n) is 3.02. The molecule has 0 N–H and O–H groups in total. The zero-order valence-corrected chi connectivity index (χ0v) is 9.42. The van der Waals surface area contributed by atoms with Gasteiger partial charge in [-0.25, -0.2) is 8.42 Å². The molecule has 0 fully saturated rings. The number of para-hydroxylation sites is 1. The quantitative estimate of drug-likeness (QED) is 0.765. The van der Waals surface area contributed by atoms with Crippen molar-refractivity contribution in [3.8, 4) is 6.07 Å². The molecule has 0 amide bonds. The lowest BCUT2D eigenvalue weighted by atomic mass is 10.1. The van der Waals surface area contributed by atoms with Crippen molar-refractivity contribution in [1.82, 2.24) is 4.98 Å². The highest BCUT2D eigenvalue weighted by Gasteiger charge is 2.19. The Hall–Kier alpha value is -1.58. The highest BCUT2D eigenvalue weighted by atomic mass is 35.7. The molecule has 7 heteroatoms. The molecule has 0 saturated carbocycles. The van der Waals surface area contributed by atoms with Crippen LogP contribution in [0.4, 0.5) is 0 Å². The van der Waals surface area contributed by atoms with E-state index in [-0.39, 0.29) is 6.42 Å². The molecular formula is C9H5ClN2O3S. The fraction of sp³-hybridized carbons (Fsp3) is 0.111. The van der Waals surface area contributed by atoms with Gasteiger partial charge in [0.2, 0.25) is 0 Å². The van der Waals surface area contributed by atoms with Crippen LogP contribution >= 0.6 is 10.7 Å². The predicted molar refractivity (Wildman–Crippen MR) is 56.4 cm³/mol.